The molecule has 2 nitrogen and oxygen atoms in total. The van der Waals surface area contributed by atoms with Crippen LogP contribution >= 0.6 is 11.8 Å². The van der Waals surface area contributed by atoms with E-state index in [1.165, 1.54) is 7.11 Å². The number of thioether (sulfide) groups is 1. The Labute approximate surface area is 98.8 Å². The molecule has 1 heterocycles. The molecule has 2 rings (SSSR count). The number of rotatable bonds is 1. The zero-order valence-corrected chi connectivity index (χ0v) is 10.2. The molecule has 1 aliphatic heterocycles. The fourth-order valence-corrected chi connectivity index (χ4v) is 3.03. The van der Waals surface area contributed by atoms with Crippen LogP contribution in [0.3, 0.4) is 0 Å². The van der Waals surface area contributed by atoms with Crippen LogP contribution < -0.4 is 4.74 Å². The average Bonchev–Trinajstić information content (AvgIpc) is 2.40. The summed E-state index contributed by atoms with van der Waals surface area (Å²) in [4.78, 5) is 0. The summed E-state index contributed by atoms with van der Waals surface area (Å²) in [6.07, 6.45) is 0.101. The highest BCUT2D eigenvalue weighted by atomic mass is 32.2. The second kappa shape index (κ2) is 4.63. The highest BCUT2D eigenvalue weighted by molar-refractivity contribution is 7.99. The molecule has 16 heavy (non-hydrogen) atoms. The lowest BCUT2D eigenvalue weighted by atomic mass is 9.99. The number of halogens is 1. The fraction of sp³-hybridized carbons (Fsp3) is 0.500. The van der Waals surface area contributed by atoms with E-state index in [4.69, 9.17) is 4.74 Å². The van der Waals surface area contributed by atoms with Crippen molar-refractivity contribution in [3.05, 3.63) is 29.1 Å². The van der Waals surface area contributed by atoms with Crippen LogP contribution in [0.15, 0.2) is 12.1 Å². The van der Waals surface area contributed by atoms with Crippen molar-refractivity contribution in [3.8, 4) is 5.75 Å². The van der Waals surface area contributed by atoms with Crippen molar-refractivity contribution in [3.63, 3.8) is 0 Å². The minimum Gasteiger partial charge on any atom is -0.494 e. The second-order valence-electron chi connectivity index (χ2n) is 4.02. The molecular weight excluding hydrogens is 227 g/mol. The number of ether oxygens (including phenoxy) is 1. The fourth-order valence-electron chi connectivity index (χ4n) is 1.97. The van der Waals surface area contributed by atoms with Crippen LogP contribution in [0, 0.1) is 5.82 Å². The average molecular weight is 242 g/mol. The first kappa shape index (κ1) is 11.7. The van der Waals surface area contributed by atoms with E-state index in [1.54, 1.807) is 23.9 Å². The molecule has 1 unspecified atom stereocenters. The summed E-state index contributed by atoms with van der Waals surface area (Å²) in [5.41, 5.74) is 1.29. The van der Waals surface area contributed by atoms with E-state index in [2.05, 4.69) is 6.92 Å². The monoisotopic (exact) mass is 242 g/mol. The number of aliphatic hydroxyl groups is 1. The Hall–Kier alpha value is -0.740. The van der Waals surface area contributed by atoms with Crippen molar-refractivity contribution < 1.29 is 14.2 Å². The molecule has 1 aromatic rings. The maximum atomic E-state index is 14.0. The van der Waals surface area contributed by atoms with Crippen LogP contribution in [-0.4, -0.2) is 17.5 Å². The molecule has 1 N–H and O–H groups in total. The van der Waals surface area contributed by atoms with Gasteiger partial charge in [-0.1, -0.05) is 13.0 Å². The van der Waals surface area contributed by atoms with E-state index in [9.17, 15) is 9.50 Å². The molecular formula is C12H15FO2S. The lowest BCUT2D eigenvalue weighted by molar-refractivity contribution is 0.167. The molecule has 4 heteroatoms. The highest BCUT2D eigenvalue weighted by Gasteiger charge is 2.24. The number of methoxy groups -OCH3 is 1. The summed E-state index contributed by atoms with van der Waals surface area (Å²) in [7, 11) is 1.45. The van der Waals surface area contributed by atoms with Gasteiger partial charge in [0.1, 0.15) is 0 Å². The van der Waals surface area contributed by atoms with Crippen LogP contribution in [0.4, 0.5) is 4.39 Å². The number of benzene rings is 1. The molecule has 88 valence electrons. The van der Waals surface area contributed by atoms with Crippen molar-refractivity contribution in [2.24, 2.45) is 0 Å². The van der Waals surface area contributed by atoms with Gasteiger partial charge in [-0.25, -0.2) is 4.39 Å². The zero-order chi connectivity index (χ0) is 11.7. The van der Waals surface area contributed by atoms with E-state index in [-0.39, 0.29) is 11.6 Å². The van der Waals surface area contributed by atoms with Crippen molar-refractivity contribution >= 4 is 11.8 Å². The van der Waals surface area contributed by atoms with Crippen molar-refractivity contribution in [2.45, 2.75) is 30.5 Å². The van der Waals surface area contributed by atoms with E-state index in [0.717, 1.165) is 0 Å². The van der Waals surface area contributed by atoms with Crippen LogP contribution in [-0.2, 0) is 5.75 Å². The lowest BCUT2D eigenvalue weighted by Crippen LogP contribution is -2.05. The first-order chi connectivity index (χ1) is 7.63. The Kier molecular flexibility index (Phi) is 3.40. The Morgan fingerprint density at radius 3 is 2.94 bits per heavy atom. The van der Waals surface area contributed by atoms with E-state index in [1.807, 2.05) is 0 Å². The summed E-state index contributed by atoms with van der Waals surface area (Å²) >= 11 is 1.66. The largest absolute Gasteiger partial charge is 0.494 e. The third-order valence-corrected chi connectivity index (χ3v) is 4.11. The summed E-state index contributed by atoms with van der Waals surface area (Å²) in [6.45, 7) is 2.05. The molecule has 0 aliphatic carbocycles. The molecule has 0 spiro atoms. The predicted molar refractivity (Wildman–Crippen MR) is 63.3 cm³/mol. The molecule has 0 fully saturated rings. The zero-order valence-electron chi connectivity index (χ0n) is 9.37. The molecule has 2 atom stereocenters. The van der Waals surface area contributed by atoms with Crippen molar-refractivity contribution in [1.82, 2.24) is 0 Å². The van der Waals surface area contributed by atoms with Gasteiger partial charge in [0.15, 0.2) is 11.6 Å². The standard InChI is InChI=1S/C12H15FO2S/c1-7-5-10(14)8-3-4-11(15-2)12(13)9(8)6-16-7/h3-4,7,10,14H,5-6H2,1-2H3/t7?,10-/m1/s1. The molecule has 0 bridgehead atoms. The van der Waals surface area contributed by atoms with E-state index < -0.39 is 6.10 Å². The summed E-state index contributed by atoms with van der Waals surface area (Å²) in [5.74, 6) is 0.512. The maximum absolute atomic E-state index is 14.0. The summed E-state index contributed by atoms with van der Waals surface area (Å²) in [5, 5.41) is 10.3. The second-order valence-corrected chi connectivity index (χ2v) is 5.45. The van der Waals surface area contributed by atoms with Gasteiger partial charge in [0.2, 0.25) is 0 Å². The first-order valence-corrected chi connectivity index (χ1v) is 6.33. The van der Waals surface area contributed by atoms with Gasteiger partial charge in [-0.3, -0.25) is 0 Å². The van der Waals surface area contributed by atoms with Gasteiger partial charge in [-0.05, 0) is 18.1 Å². The minimum atomic E-state index is -0.569. The van der Waals surface area contributed by atoms with Gasteiger partial charge in [0.25, 0.3) is 0 Å². The molecule has 1 aliphatic rings. The molecule has 0 radical (unpaired) electrons. The third-order valence-electron chi connectivity index (χ3n) is 2.89. The number of aliphatic hydroxyl groups excluding tert-OH is 1. The van der Waals surface area contributed by atoms with Gasteiger partial charge in [0, 0.05) is 16.6 Å². The quantitative estimate of drug-likeness (QED) is 0.821. The van der Waals surface area contributed by atoms with Crippen LogP contribution in [0.5, 0.6) is 5.75 Å². The Bertz CT molecular complexity index is 395. The number of fused-ring (bicyclic) bond motifs is 1. The highest BCUT2D eigenvalue weighted by Crippen LogP contribution is 2.38. The summed E-state index contributed by atoms with van der Waals surface area (Å²) in [6, 6.07) is 3.35. The van der Waals surface area contributed by atoms with Crippen molar-refractivity contribution in [2.75, 3.05) is 7.11 Å². The SMILES string of the molecule is COc1ccc2c(c1F)CSC(C)C[C@H]2O. The van der Waals surface area contributed by atoms with Gasteiger partial charge in [0.05, 0.1) is 13.2 Å². The van der Waals surface area contributed by atoms with Crippen LogP contribution in [0.25, 0.3) is 0 Å². The Morgan fingerprint density at radius 1 is 1.50 bits per heavy atom. The molecule has 0 amide bonds. The van der Waals surface area contributed by atoms with Gasteiger partial charge < -0.3 is 9.84 Å². The minimum absolute atomic E-state index is 0.251. The van der Waals surface area contributed by atoms with E-state index >= 15 is 0 Å². The number of hydrogen-bond donors (Lipinski definition) is 1. The van der Waals surface area contributed by atoms with Crippen LogP contribution in [0.1, 0.15) is 30.6 Å². The molecule has 1 aromatic carbocycles. The number of hydrogen-bond acceptors (Lipinski definition) is 3. The normalized spacial score (nSPS) is 24.8. The molecule has 0 aromatic heterocycles. The summed E-state index contributed by atoms with van der Waals surface area (Å²) < 4.78 is 18.9. The third kappa shape index (κ3) is 2.04. The first-order valence-electron chi connectivity index (χ1n) is 5.28. The lowest BCUT2D eigenvalue weighted by Gasteiger charge is -2.14. The smallest absolute Gasteiger partial charge is 0.169 e. The predicted octanol–water partition coefficient (Wildman–Crippen LogP) is 2.89. The van der Waals surface area contributed by atoms with Crippen molar-refractivity contribution in [1.29, 1.82) is 0 Å². The van der Waals surface area contributed by atoms with Gasteiger partial charge in [-0.2, -0.15) is 11.8 Å². The topological polar surface area (TPSA) is 29.5 Å². The van der Waals surface area contributed by atoms with Crippen LogP contribution in [0.2, 0.25) is 0 Å². The Morgan fingerprint density at radius 2 is 2.25 bits per heavy atom. The van der Waals surface area contributed by atoms with E-state index in [0.29, 0.717) is 28.6 Å². The Balaban J connectivity index is 2.47. The maximum Gasteiger partial charge on any atom is 0.169 e. The van der Waals surface area contributed by atoms with Gasteiger partial charge >= 0.3 is 0 Å². The molecule has 0 saturated carbocycles. The molecule has 0 saturated heterocycles. The van der Waals surface area contributed by atoms with Gasteiger partial charge in [-0.15, -0.1) is 0 Å².